The minimum atomic E-state index is -0.798. The van der Waals surface area contributed by atoms with E-state index in [9.17, 15) is 9.90 Å². The van der Waals surface area contributed by atoms with Crippen LogP contribution in [0.2, 0.25) is 0 Å². The molecule has 0 saturated carbocycles. The van der Waals surface area contributed by atoms with Gasteiger partial charge in [-0.3, -0.25) is 4.79 Å². The number of fused-ring (bicyclic) bond motifs is 1. The van der Waals surface area contributed by atoms with Crippen LogP contribution >= 0.6 is 0 Å². The van der Waals surface area contributed by atoms with E-state index in [1.165, 1.54) is 0 Å². The normalized spacial score (nSPS) is 17.0. The quantitative estimate of drug-likeness (QED) is 0.794. The summed E-state index contributed by atoms with van der Waals surface area (Å²) in [6.45, 7) is 4.26. The van der Waals surface area contributed by atoms with E-state index in [0.29, 0.717) is 26.2 Å². The lowest BCUT2D eigenvalue weighted by Gasteiger charge is -2.36. The highest BCUT2D eigenvalue weighted by atomic mass is 16.5. The summed E-state index contributed by atoms with van der Waals surface area (Å²) in [7, 11) is 0. The zero-order valence-electron chi connectivity index (χ0n) is 14.6. The highest BCUT2D eigenvalue weighted by Crippen LogP contribution is 2.36. The van der Waals surface area contributed by atoms with Crippen molar-refractivity contribution in [1.82, 2.24) is 15.0 Å². The number of carboxylic acid groups (broad SMARTS) is 1. The number of aromatic nitrogens is 3. The van der Waals surface area contributed by atoms with E-state index in [-0.39, 0.29) is 18.4 Å². The number of hydrogen-bond acceptors (Lipinski definition) is 5. The predicted octanol–water partition coefficient (Wildman–Crippen LogP) is 1.94. The van der Waals surface area contributed by atoms with Crippen LogP contribution in [0.5, 0.6) is 0 Å². The predicted molar refractivity (Wildman–Crippen MR) is 92.4 cm³/mol. The van der Waals surface area contributed by atoms with Gasteiger partial charge in [-0.1, -0.05) is 11.3 Å². The zero-order valence-corrected chi connectivity index (χ0v) is 14.6. The molecule has 0 amide bonds. The maximum atomic E-state index is 10.8. The van der Waals surface area contributed by atoms with Crippen molar-refractivity contribution in [2.45, 2.75) is 45.6 Å². The topological polar surface area (TPSA) is 97.5 Å². The molecule has 1 aromatic carbocycles. The average Bonchev–Trinajstić information content (AvgIpc) is 2.98. The van der Waals surface area contributed by atoms with Crippen LogP contribution in [0, 0.1) is 12.3 Å². The van der Waals surface area contributed by atoms with Crippen molar-refractivity contribution in [3.05, 3.63) is 23.3 Å². The molecule has 1 aromatic heterocycles. The maximum Gasteiger partial charge on any atom is 0.303 e. The summed E-state index contributed by atoms with van der Waals surface area (Å²) in [5.74, 6) is -0.798. The molecular formula is C18H25N3O4. The fourth-order valence-electron chi connectivity index (χ4n) is 3.68. The monoisotopic (exact) mass is 347 g/mol. The molecule has 1 saturated heterocycles. The zero-order chi connectivity index (χ0) is 17.9. The van der Waals surface area contributed by atoms with Crippen molar-refractivity contribution >= 4 is 17.0 Å². The van der Waals surface area contributed by atoms with Crippen LogP contribution in [-0.2, 0) is 22.5 Å². The standard InChI is InChI=1S/C18H25N3O4/c1-13-14(3-5-16(23)24)2-4-15-17(13)19-20-21(15)12-18(6-9-22)7-10-25-11-8-18/h2,4,22H,3,5-12H2,1H3,(H,23,24). The fraction of sp³-hybridized carbons (Fsp3) is 0.611. The van der Waals surface area contributed by atoms with Gasteiger partial charge in [-0.2, -0.15) is 0 Å². The van der Waals surface area contributed by atoms with Gasteiger partial charge in [0.25, 0.3) is 0 Å². The SMILES string of the molecule is Cc1c(CCC(=O)O)ccc2c1nnn2CC1(CCO)CCOCC1. The van der Waals surface area contributed by atoms with Crippen LogP contribution in [0.15, 0.2) is 12.1 Å². The lowest BCUT2D eigenvalue weighted by atomic mass is 9.77. The first kappa shape index (κ1) is 17.8. The molecule has 3 rings (SSSR count). The Labute approximate surface area is 146 Å². The van der Waals surface area contributed by atoms with Crippen LogP contribution in [0.3, 0.4) is 0 Å². The van der Waals surface area contributed by atoms with Crippen molar-refractivity contribution in [3.8, 4) is 0 Å². The fourth-order valence-corrected chi connectivity index (χ4v) is 3.68. The average molecular weight is 347 g/mol. The molecule has 0 radical (unpaired) electrons. The molecule has 0 atom stereocenters. The van der Waals surface area contributed by atoms with Crippen molar-refractivity contribution < 1.29 is 19.7 Å². The molecule has 2 heterocycles. The molecule has 7 heteroatoms. The van der Waals surface area contributed by atoms with Gasteiger partial charge in [-0.05, 0) is 55.2 Å². The summed E-state index contributed by atoms with van der Waals surface area (Å²) in [4.78, 5) is 10.8. The van der Waals surface area contributed by atoms with Crippen LogP contribution in [0.1, 0.15) is 36.8 Å². The number of aliphatic hydroxyl groups excluding tert-OH is 1. The highest BCUT2D eigenvalue weighted by Gasteiger charge is 2.33. The van der Waals surface area contributed by atoms with Crippen LogP contribution in [0.4, 0.5) is 0 Å². The number of rotatable bonds is 7. The smallest absolute Gasteiger partial charge is 0.303 e. The summed E-state index contributed by atoms with van der Waals surface area (Å²) < 4.78 is 7.40. The van der Waals surface area contributed by atoms with Gasteiger partial charge in [-0.15, -0.1) is 5.10 Å². The van der Waals surface area contributed by atoms with Crippen molar-refractivity contribution in [3.63, 3.8) is 0 Å². The van der Waals surface area contributed by atoms with Gasteiger partial charge in [0.1, 0.15) is 5.52 Å². The molecule has 25 heavy (non-hydrogen) atoms. The Balaban J connectivity index is 1.87. The second-order valence-electron chi connectivity index (χ2n) is 6.94. The third-order valence-electron chi connectivity index (χ3n) is 5.34. The summed E-state index contributed by atoms with van der Waals surface area (Å²) in [5, 5.41) is 27.0. The van der Waals surface area contributed by atoms with Crippen LogP contribution in [0.25, 0.3) is 11.0 Å². The molecule has 7 nitrogen and oxygen atoms in total. The van der Waals surface area contributed by atoms with Gasteiger partial charge in [0.2, 0.25) is 0 Å². The van der Waals surface area contributed by atoms with Crippen LogP contribution < -0.4 is 0 Å². The lowest BCUT2D eigenvalue weighted by molar-refractivity contribution is -0.136. The van der Waals surface area contributed by atoms with Crippen LogP contribution in [-0.4, -0.2) is 51.0 Å². The van der Waals surface area contributed by atoms with E-state index in [1.54, 1.807) is 0 Å². The molecule has 0 bridgehead atoms. The number of carbonyl (C=O) groups is 1. The van der Waals surface area contributed by atoms with E-state index >= 15 is 0 Å². The van der Waals surface area contributed by atoms with E-state index in [0.717, 1.165) is 41.4 Å². The Hall–Kier alpha value is -1.99. The first-order valence-electron chi connectivity index (χ1n) is 8.77. The Morgan fingerprint density at radius 2 is 2.12 bits per heavy atom. The van der Waals surface area contributed by atoms with Crippen molar-refractivity contribution in [1.29, 1.82) is 0 Å². The van der Waals surface area contributed by atoms with E-state index in [4.69, 9.17) is 9.84 Å². The van der Waals surface area contributed by atoms with Gasteiger partial charge in [0.05, 0.1) is 5.52 Å². The third kappa shape index (κ3) is 3.82. The van der Waals surface area contributed by atoms with E-state index < -0.39 is 5.97 Å². The first-order chi connectivity index (χ1) is 12.0. The number of carboxylic acids is 1. The number of hydrogen-bond donors (Lipinski definition) is 2. The lowest BCUT2D eigenvalue weighted by Crippen LogP contribution is -2.35. The summed E-state index contributed by atoms with van der Waals surface area (Å²) >= 11 is 0. The Kier molecular flexibility index (Phi) is 5.34. The molecule has 0 unspecified atom stereocenters. The molecule has 1 aliphatic rings. The molecule has 2 N–H and O–H groups in total. The Morgan fingerprint density at radius 3 is 2.80 bits per heavy atom. The van der Waals surface area contributed by atoms with Gasteiger partial charge in [0, 0.05) is 32.8 Å². The molecule has 0 aliphatic carbocycles. The van der Waals surface area contributed by atoms with Gasteiger partial charge < -0.3 is 14.9 Å². The third-order valence-corrected chi connectivity index (χ3v) is 5.34. The van der Waals surface area contributed by atoms with Crippen molar-refractivity contribution in [2.75, 3.05) is 19.8 Å². The highest BCUT2D eigenvalue weighted by molar-refractivity contribution is 5.79. The molecule has 1 aliphatic heterocycles. The Bertz CT molecular complexity index is 745. The number of aliphatic hydroxyl groups is 1. The number of ether oxygens (including phenoxy) is 1. The minimum Gasteiger partial charge on any atom is -0.481 e. The number of aliphatic carboxylic acids is 1. The summed E-state index contributed by atoms with van der Waals surface area (Å²) in [6, 6.07) is 3.95. The van der Waals surface area contributed by atoms with Gasteiger partial charge in [-0.25, -0.2) is 4.68 Å². The second-order valence-corrected chi connectivity index (χ2v) is 6.94. The molecule has 1 fully saturated rings. The second kappa shape index (κ2) is 7.49. The van der Waals surface area contributed by atoms with Gasteiger partial charge in [0.15, 0.2) is 0 Å². The first-order valence-corrected chi connectivity index (χ1v) is 8.77. The molecule has 136 valence electrons. The Morgan fingerprint density at radius 1 is 1.36 bits per heavy atom. The number of benzene rings is 1. The van der Waals surface area contributed by atoms with Crippen molar-refractivity contribution in [2.24, 2.45) is 5.41 Å². The maximum absolute atomic E-state index is 10.8. The molecule has 2 aromatic rings. The summed E-state index contributed by atoms with van der Waals surface area (Å²) in [5.41, 5.74) is 3.77. The number of nitrogens with zero attached hydrogens (tertiary/aromatic N) is 3. The number of aryl methyl sites for hydroxylation is 2. The largest absolute Gasteiger partial charge is 0.481 e. The molecular weight excluding hydrogens is 322 g/mol. The molecule has 0 spiro atoms. The van der Waals surface area contributed by atoms with E-state index in [1.807, 2.05) is 23.7 Å². The van der Waals surface area contributed by atoms with Gasteiger partial charge >= 0.3 is 5.97 Å². The summed E-state index contributed by atoms with van der Waals surface area (Å²) in [6.07, 6.45) is 3.15. The van der Waals surface area contributed by atoms with E-state index in [2.05, 4.69) is 10.3 Å². The minimum absolute atomic E-state index is 0.0104.